The summed E-state index contributed by atoms with van der Waals surface area (Å²) in [6.45, 7) is 0.586. The van der Waals surface area contributed by atoms with E-state index < -0.39 is 0 Å². The fraction of sp³-hybridized carbons (Fsp3) is 0.231. The molecule has 1 heterocycles. The summed E-state index contributed by atoms with van der Waals surface area (Å²) in [6, 6.07) is 8.00. The van der Waals surface area contributed by atoms with Crippen LogP contribution in [0.4, 0.5) is 17.3 Å². The molecule has 2 N–H and O–H groups in total. The maximum atomic E-state index is 5.12. The Morgan fingerprint density at radius 1 is 1.26 bits per heavy atom. The standard InChI is InChI=1S/C13H15BrN4O/c1-15-12-11(14)13(17-8-16-12)18-10-5-3-4-9(6-10)7-19-2/h3-6,8H,7H2,1-2H3,(H2,15,16,17,18). The van der Waals surface area contributed by atoms with Crippen LogP contribution in [0.3, 0.4) is 0 Å². The van der Waals surface area contributed by atoms with Crippen molar-refractivity contribution in [1.82, 2.24) is 9.97 Å². The van der Waals surface area contributed by atoms with Gasteiger partial charge in [-0.15, -0.1) is 0 Å². The van der Waals surface area contributed by atoms with Crippen molar-refractivity contribution >= 4 is 33.3 Å². The molecule has 0 saturated carbocycles. The molecule has 0 spiro atoms. The summed E-state index contributed by atoms with van der Waals surface area (Å²) in [5, 5.41) is 6.25. The molecule has 5 nitrogen and oxygen atoms in total. The van der Waals surface area contributed by atoms with E-state index in [1.54, 1.807) is 7.11 Å². The zero-order valence-electron chi connectivity index (χ0n) is 10.8. The average Bonchev–Trinajstić information content (AvgIpc) is 2.42. The van der Waals surface area contributed by atoms with Gasteiger partial charge >= 0.3 is 0 Å². The van der Waals surface area contributed by atoms with Crippen molar-refractivity contribution in [2.24, 2.45) is 0 Å². The van der Waals surface area contributed by atoms with Gasteiger partial charge in [-0.25, -0.2) is 9.97 Å². The molecule has 0 bridgehead atoms. The molecule has 2 rings (SSSR count). The van der Waals surface area contributed by atoms with E-state index in [0.717, 1.165) is 21.5 Å². The third kappa shape index (κ3) is 3.42. The van der Waals surface area contributed by atoms with Crippen LogP contribution in [0.2, 0.25) is 0 Å². The summed E-state index contributed by atoms with van der Waals surface area (Å²) in [4.78, 5) is 8.33. The van der Waals surface area contributed by atoms with Crippen LogP contribution in [0.15, 0.2) is 35.1 Å². The van der Waals surface area contributed by atoms with Crippen LogP contribution in [0.25, 0.3) is 0 Å². The van der Waals surface area contributed by atoms with E-state index in [0.29, 0.717) is 12.4 Å². The first-order valence-corrected chi connectivity index (χ1v) is 6.57. The number of rotatable bonds is 5. The van der Waals surface area contributed by atoms with E-state index in [1.165, 1.54) is 6.33 Å². The van der Waals surface area contributed by atoms with Crippen molar-refractivity contribution in [2.75, 3.05) is 24.8 Å². The second-order valence-corrected chi connectivity index (χ2v) is 4.69. The first-order valence-electron chi connectivity index (χ1n) is 5.77. The Morgan fingerprint density at radius 3 is 2.79 bits per heavy atom. The van der Waals surface area contributed by atoms with Gasteiger partial charge in [0, 0.05) is 19.8 Å². The van der Waals surface area contributed by atoms with Crippen LogP contribution in [0.1, 0.15) is 5.56 Å². The quantitative estimate of drug-likeness (QED) is 0.885. The molecule has 0 aliphatic carbocycles. The Morgan fingerprint density at radius 2 is 2.05 bits per heavy atom. The molecule has 0 aliphatic rings. The summed E-state index contributed by atoms with van der Waals surface area (Å²) < 4.78 is 5.92. The molecule has 0 saturated heterocycles. The Hall–Kier alpha value is -1.66. The third-order valence-electron chi connectivity index (χ3n) is 2.53. The topological polar surface area (TPSA) is 59.1 Å². The summed E-state index contributed by atoms with van der Waals surface area (Å²) >= 11 is 3.47. The minimum atomic E-state index is 0.586. The van der Waals surface area contributed by atoms with Crippen LogP contribution in [0, 0.1) is 0 Å². The highest BCUT2D eigenvalue weighted by Gasteiger charge is 2.07. The molecule has 19 heavy (non-hydrogen) atoms. The summed E-state index contributed by atoms with van der Waals surface area (Å²) in [5.41, 5.74) is 2.06. The normalized spacial score (nSPS) is 10.3. The molecule has 1 aromatic heterocycles. The van der Waals surface area contributed by atoms with Crippen molar-refractivity contribution in [3.63, 3.8) is 0 Å². The van der Waals surface area contributed by atoms with Gasteiger partial charge in [0.25, 0.3) is 0 Å². The Kier molecular flexibility index (Phi) is 4.70. The second-order valence-electron chi connectivity index (χ2n) is 3.89. The van der Waals surface area contributed by atoms with E-state index in [1.807, 2.05) is 31.3 Å². The molecular weight excluding hydrogens is 308 g/mol. The smallest absolute Gasteiger partial charge is 0.150 e. The molecule has 0 radical (unpaired) electrons. The third-order valence-corrected chi connectivity index (χ3v) is 3.28. The monoisotopic (exact) mass is 322 g/mol. The second kappa shape index (κ2) is 6.49. The number of benzene rings is 1. The Balaban J connectivity index is 2.23. The van der Waals surface area contributed by atoms with Gasteiger partial charge in [0.2, 0.25) is 0 Å². The number of ether oxygens (including phenoxy) is 1. The van der Waals surface area contributed by atoms with Gasteiger partial charge in [0.15, 0.2) is 0 Å². The number of hydrogen-bond donors (Lipinski definition) is 2. The number of anilines is 3. The van der Waals surface area contributed by atoms with Crippen LogP contribution in [-0.4, -0.2) is 24.1 Å². The number of methoxy groups -OCH3 is 1. The maximum Gasteiger partial charge on any atom is 0.150 e. The number of nitrogens with zero attached hydrogens (tertiary/aromatic N) is 2. The number of hydrogen-bond acceptors (Lipinski definition) is 5. The largest absolute Gasteiger partial charge is 0.380 e. The summed E-state index contributed by atoms with van der Waals surface area (Å²) in [5.74, 6) is 1.46. The van der Waals surface area contributed by atoms with Gasteiger partial charge in [-0.1, -0.05) is 12.1 Å². The van der Waals surface area contributed by atoms with Gasteiger partial charge < -0.3 is 15.4 Å². The van der Waals surface area contributed by atoms with Crippen molar-refractivity contribution < 1.29 is 4.74 Å². The van der Waals surface area contributed by atoms with Gasteiger partial charge in [0.1, 0.15) is 22.4 Å². The molecule has 0 atom stereocenters. The van der Waals surface area contributed by atoms with E-state index in [-0.39, 0.29) is 0 Å². The molecule has 6 heteroatoms. The van der Waals surface area contributed by atoms with Crippen molar-refractivity contribution in [2.45, 2.75) is 6.61 Å². The number of aromatic nitrogens is 2. The molecule has 0 fully saturated rings. The lowest BCUT2D eigenvalue weighted by molar-refractivity contribution is 0.185. The SMILES string of the molecule is CNc1ncnc(Nc2cccc(COC)c2)c1Br. The van der Waals surface area contributed by atoms with Crippen molar-refractivity contribution in [3.05, 3.63) is 40.6 Å². The van der Waals surface area contributed by atoms with Crippen LogP contribution < -0.4 is 10.6 Å². The zero-order valence-corrected chi connectivity index (χ0v) is 12.4. The van der Waals surface area contributed by atoms with Crippen molar-refractivity contribution in [3.8, 4) is 0 Å². The minimum absolute atomic E-state index is 0.586. The summed E-state index contributed by atoms with van der Waals surface area (Å²) in [6.07, 6.45) is 1.51. The fourth-order valence-electron chi connectivity index (χ4n) is 1.67. The fourth-order valence-corrected chi connectivity index (χ4v) is 2.18. The molecule has 0 amide bonds. The van der Waals surface area contributed by atoms with Crippen molar-refractivity contribution in [1.29, 1.82) is 0 Å². The molecule has 0 aliphatic heterocycles. The van der Waals surface area contributed by atoms with Gasteiger partial charge in [0.05, 0.1) is 6.61 Å². The van der Waals surface area contributed by atoms with E-state index >= 15 is 0 Å². The Bertz CT molecular complexity index is 562. The lowest BCUT2D eigenvalue weighted by Crippen LogP contribution is -2.00. The maximum absolute atomic E-state index is 5.12. The predicted molar refractivity (Wildman–Crippen MR) is 79.7 cm³/mol. The van der Waals surface area contributed by atoms with Crippen LogP contribution in [-0.2, 0) is 11.3 Å². The molecule has 100 valence electrons. The van der Waals surface area contributed by atoms with E-state index in [9.17, 15) is 0 Å². The molecule has 0 unspecified atom stereocenters. The molecule has 1 aromatic carbocycles. The zero-order chi connectivity index (χ0) is 13.7. The van der Waals surface area contributed by atoms with Crippen LogP contribution >= 0.6 is 15.9 Å². The highest BCUT2D eigenvalue weighted by Crippen LogP contribution is 2.28. The first kappa shape index (κ1) is 13.8. The van der Waals surface area contributed by atoms with E-state index in [4.69, 9.17) is 4.74 Å². The van der Waals surface area contributed by atoms with E-state index in [2.05, 4.69) is 36.5 Å². The highest BCUT2D eigenvalue weighted by molar-refractivity contribution is 9.10. The lowest BCUT2D eigenvalue weighted by Gasteiger charge is -2.10. The summed E-state index contributed by atoms with van der Waals surface area (Å²) in [7, 11) is 3.50. The highest BCUT2D eigenvalue weighted by atomic mass is 79.9. The molecule has 2 aromatic rings. The average molecular weight is 323 g/mol. The van der Waals surface area contributed by atoms with Crippen LogP contribution in [0.5, 0.6) is 0 Å². The number of halogens is 1. The number of nitrogens with one attached hydrogen (secondary N) is 2. The van der Waals surface area contributed by atoms with Gasteiger partial charge in [-0.2, -0.15) is 0 Å². The first-order chi connectivity index (χ1) is 9.24. The molecular formula is C13H15BrN4O. The van der Waals surface area contributed by atoms with Gasteiger partial charge in [-0.3, -0.25) is 0 Å². The van der Waals surface area contributed by atoms with Gasteiger partial charge in [-0.05, 0) is 33.6 Å². The predicted octanol–water partition coefficient (Wildman–Crippen LogP) is 3.17. The Labute approximate surface area is 120 Å². The minimum Gasteiger partial charge on any atom is -0.380 e. The lowest BCUT2D eigenvalue weighted by atomic mass is 10.2.